The van der Waals surface area contributed by atoms with E-state index in [1.165, 1.54) is 10.8 Å². The Hall–Kier alpha value is -1.18. The number of aromatic nitrogens is 4. The Kier molecular flexibility index (Phi) is 3.79. The highest BCUT2D eigenvalue weighted by molar-refractivity contribution is 8.13. The van der Waals surface area contributed by atoms with E-state index >= 15 is 0 Å². The first kappa shape index (κ1) is 15.2. The zero-order valence-electron chi connectivity index (χ0n) is 11.0. The van der Waals surface area contributed by atoms with Gasteiger partial charge in [-0.3, -0.25) is 9.55 Å². The van der Waals surface area contributed by atoms with E-state index in [4.69, 9.17) is 22.3 Å². The molecule has 0 bridgehead atoms. The summed E-state index contributed by atoms with van der Waals surface area (Å²) in [4.78, 5) is 4.12. The van der Waals surface area contributed by atoms with E-state index in [9.17, 15) is 8.42 Å². The van der Waals surface area contributed by atoms with Crippen molar-refractivity contribution in [2.45, 2.75) is 31.5 Å². The molecule has 2 aromatic heterocycles. The summed E-state index contributed by atoms with van der Waals surface area (Å²) in [5.74, 6) is 0.313. The Morgan fingerprint density at radius 2 is 1.85 bits per heavy atom. The number of halogens is 2. The topological polar surface area (TPSA) is 77.7 Å². The number of hydrogen-bond donors (Lipinski definition) is 0. The average Bonchev–Trinajstić information content (AvgIpc) is 2.73. The fraction of sp³-hybridized carbons (Fsp3) is 0.364. The van der Waals surface area contributed by atoms with Crippen LogP contribution in [0.1, 0.15) is 20.8 Å². The molecule has 0 N–H and O–H groups in total. The smallest absolute Gasteiger partial charge is 0.290 e. The van der Waals surface area contributed by atoms with Gasteiger partial charge in [-0.05, 0) is 32.9 Å². The van der Waals surface area contributed by atoms with Crippen molar-refractivity contribution in [3.05, 3.63) is 23.4 Å². The summed E-state index contributed by atoms with van der Waals surface area (Å²) in [5, 5.41) is 7.73. The van der Waals surface area contributed by atoms with E-state index < -0.39 is 14.6 Å². The van der Waals surface area contributed by atoms with Crippen LogP contribution in [0.2, 0.25) is 5.02 Å². The highest BCUT2D eigenvalue weighted by Gasteiger charge is 2.30. The van der Waals surface area contributed by atoms with Gasteiger partial charge >= 0.3 is 0 Å². The summed E-state index contributed by atoms with van der Waals surface area (Å²) in [5.41, 5.74) is -0.124. The van der Waals surface area contributed by atoms with Gasteiger partial charge in [0.2, 0.25) is 0 Å². The third kappa shape index (κ3) is 2.94. The first-order valence-electron chi connectivity index (χ1n) is 5.63. The van der Waals surface area contributed by atoms with Gasteiger partial charge in [0.25, 0.3) is 14.2 Å². The van der Waals surface area contributed by atoms with Gasteiger partial charge in [-0.2, -0.15) is 0 Å². The summed E-state index contributed by atoms with van der Waals surface area (Å²) >= 11 is 5.78. The fourth-order valence-corrected chi connectivity index (χ4v) is 2.83. The molecule has 0 aliphatic heterocycles. The molecule has 0 aliphatic carbocycles. The Morgan fingerprint density at radius 3 is 2.30 bits per heavy atom. The van der Waals surface area contributed by atoms with Crippen LogP contribution in [0.25, 0.3) is 11.5 Å². The average molecular weight is 335 g/mol. The van der Waals surface area contributed by atoms with Crippen molar-refractivity contribution in [3.63, 3.8) is 0 Å². The van der Waals surface area contributed by atoms with Crippen LogP contribution in [-0.2, 0) is 14.6 Å². The van der Waals surface area contributed by atoms with Crippen molar-refractivity contribution in [1.82, 2.24) is 19.7 Å². The van der Waals surface area contributed by atoms with E-state index in [0.717, 1.165) is 0 Å². The molecule has 0 fully saturated rings. The predicted octanol–water partition coefficient (Wildman–Crippen LogP) is 2.68. The minimum absolute atomic E-state index is 0.307. The standard InChI is InChI=1S/C11H12Cl2N4O2S/c1-11(2,3)17-9(8-5-4-7(12)6-14-8)15-16-10(17)20(13,18)19/h4-6H,1-3H3. The summed E-state index contributed by atoms with van der Waals surface area (Å²) in [7, 11) is 1.40. The van der Waals surface area contributed by atoms with E-state index in [-0.39, 0.29) is 5.16 Å². The Bertz CT molecular complexity index is 733. The minimum atomic E-state index is -4.00. The third-order valence-electron chi connectivity index (χ3n) is 2.48. The quantitative estimate of drug-likeness (QED) is 0.789. The molecule has 0 radical (unpaired) electrons. The van der Waals surface area contributed by atoms with Crippen LogP contribution in [-0.4, -0.2) is 28.2 Å². The molecular weight excluding hydrogens is 323 g/mol. The highest BCUT2D eigenvalue weighted by atomic mass is 35.7. The lowest BCUT2D eigenvalue weighted by Gasteiger charge is -2.23. The zero-order valence-corrected chi connectivity index (χ0v) is 13.3. The van der Waals surface area contributed by atoms with Crippen molar-refractivity contribution < 1.29 is 8.42 Å². The molecule has 6 nitrogen and oxygen atoms in total. The lowest BCUT2D eigenvalue weighted by atomic mass is 10.1. The van der Waals surface area contributed by atoms with Gasteiger partial charge in [0.15, 0.2) is 5.82 Å². The van der Waals surface area contributed by atoms with E-state index in [1.54, 1.807) is 12.1 Å². The molecule has 0 saturated heterocycles. The van der Waals surface area contributed by atoms with E-state index in [0.29, 0.717) is 16.5 Å². The predicted molar refractivity (Wildman–Crippen MR) is 76.3 cm³/mol. The molecule has 0 atom stereocenters. The molecule has 108 valence electrons. The maximum atomic E-state index is 11.6. The summed E-state index contributed by atoms with van der Waals surface area (Å²) in [6, 6.07) is 3.28. The Labute approximate surface area is 126 Å². The second-order valence-electron chi connectivity index (χ2n) is 5.11. The van der Waals surface area contributed by atoms with Gasteiger partial charge in [0.05, 0.1) is 5.02 Å². The molecule has 2 rings (SSSR count). The van der Waals surface area contributed by atoms with Crippen LogP contribution in [0.3, 0.4) is 0 Å². The molecule has 0 unspecified atom stereocenters. The van der Waals surface area contributed by atoms with Gasteiger partial charge < -0.3 is 0 Å². The van der Waals surface area contributed by atoms with Gasteiger partial charge in [-0.25, -0.2) is 8.42 Å². The Morgan fingerprint density at radius 1 is 1.20 bits per heavy atom. The third-order valence-corrected chi connectivity index (χ3v) is 3.82. The zero-order chi connectivity index (χ0) is 15.1. The van der Waals surface area contributed by atoms with Crippen molar-refractivity contribution in [3.8, 4) is 11.5 Å². The van der Waals surface area contributed by atoms with Gasteiger partial charge in [0, 0.05) is 22.4 Å². The first-order chi connectivity index (χ1) is 9.10. The second-order valence-corrected chi connectivity index (χ2v) is 8.01. The number of rotatable bonds is 2. The molecule has 0 aliphatic rings. The normalized spacial score (nSPS) is 12.7. The van der Waals surface area contributed by atoms with Crippen molar-refractivity contribution in [1.29, 1.82) is 0 Å². The highest BCUT2D eigenvalue weighted by Crippen LogP contribution is 2.28. The van der Waals surface area contributed by atoms with Crippen LogP contribution in [0, 0.1) is 0 Å². The van der Waals surface area contributed by atoms with Crippen molar-refractivity contribution >= 4 is 31.3 Å². The molecule has 0 spiro atoms. The maximum absolute atomic E-state index is 11.6. The Balaban J connectivity index is 2.72. The molecule has 0 saturated carbocycles. The van der Waals surface area contributed by atoms with E-state index in [1.807, 2.05) is 20.8 Å². The van der Waals surface area contributed by atoms with Crippen molar-refractivity contribution in [2.75, 3.05) is 0 Å². The van der Waals surface area contributed by atoms with Crippen LogP contribution < -0.4 is 0 Å². The number of hydrogen-bond acceptors (Lipinski definition) is 5. The molecule has 0 aromatic carbocycles. The molecule has 2 aromatic rings. The van der Waals surface area contributed by atoms with E-state index in [2.05, 4.69) is 15.2 Å². The van der Waals surface area contributed by atoms with Crippen LogP contribution in [0.4, 0.5) is 0 Å². The molecule has 0 amide bonds. The summed E-state index contributed by atoms with van der Waals surface area (Å²) < 4.78 is 24.6. The summed E-state index contributed by atoms with van der Waals surface area (Å²) in [6.07, 6.45) is 1.45. The monoisotopic (exact) mass is 334 g/mol. The van der Waals surface area contributed by atoms with Gasteiger partial charge in [0.1, 0.15) is 5.69 Å². The molecular formula is C11H12Cl2N4O2S. The van der Waals surface area contributed by atoms with Crippen LogP contribution in [0.5, 0.6) is 0 Å². The molecule has 20 heavy (non-hydrogen) atoms. The largest absolute Gasteiger partial charge is 0.296 e. The van der Waals surface area contributed by atoms with Crippen molar-refractivity contribution in [2.24, 2.45) is 0 Å². The lowest BCUT2D eigenvalue weighted by Crippen LogP contribution is -2.26. The lowest BCUT2D eigenvalue weighted by molar-refractivity contribution is 0.367. The fourth-order valence-electron chi connectivity index (χ4n) is 1.71. The second kappa shape index (κ2) is 4.98. The van der Waals surface area contributed by atoms with Crippen LogP contribution in [0.15, 0.2) is 23.5 Å². The van der Waals surface area contributed by atoms with Gasteiger partial charge in [-0.15, -0.1) is 10.2 Å². The SMILES string of the molecule is CC(C)(C)n1c(-c2ccc(Cl)cn2)nnc1S(=O)(=O)Cl. The van der Waals surface area contributed by atoms with Gasteiger partial charge in [-0.1, -0.05) is 11.6 Å². The number of nitrogens with zero attached hydrogens (tertiary/aromatic N) is 4. The minimum Gasteiger partial charge on any atom is -0.290 e. The molecule has 2 heterocycles. The number of pyridine rings is 1. The first-order valence-corrected chi connectivity index (χ1v) is 8.32. The maximum Gasteiger partial charge on any atom is 0.296 e. The molecule has 9 heteroatoms. The summed E-state index contributed by atoms with van der Waals surface area (Å²) in [6.45, 7) is 5.46. The van der Waals surface area contributed by atoms with Crippen LogP contribution >= 0.6 is 22.3 Å².